The summed E-state index contributed by atoms with van der Waals surface area (Å²) in [6.45, 7) is 1.72. The zero-order valence-corrected chi connectivity index (χ0v) is 9.12. The zero-order valence-electron chi connectivity index (χ0n) is 9.12. The Morgan fingerprint density at radius 2 is 2.19 bits per heavy atom. The average Bonchev–Trinajstić information content (AvgIpc) is 2.14. The molecule has 6 nitrogen and oxygen atoms in total. The molecule has 0 bridgehead atoms. The van der Waals surface area contributed by atoms with Crippen LogP contribution in [0.15, 0.2) is 4.79 Å². The van der Waals surface area contributed by atoms with Gasteiger partial charge >= 0.3 is 5.97 Å². The van der Waals surface area contributed by atoms with E-state index in [1.165, 1.54) is 0 Å². The number of aliphatic carboxylic acids is 1. The van der Waals surface area contributed by atoms with Crippen LogP contribution in [0.5, 0.6) is 0 Å². The normalized spacial score (nSPS) is 10.3. The van der Waals surface area contributed by atoms with E-state index in [2.05, 4.69) is 9.97 Å². The van der Waals surface area contributed by atoms with Crippen LogP contribution in [0.25, 0.3) is 0 Å². The largest absolute Gasteiger partial charge is 0.481 e. The van der Waals surface area contributed by atoms with Crippen molar-refractivity contribution in [2.75, 3.05) is 5.73 Å². The number of hydrogen-bond donors (Lipinski definition) is 3. The number of aryl methyl sites for hydroxylation is 1. The molecule has 1 aromatic rings. The lowest BCUT2D eigenvalue weighted by Crippen LogP contribution is -2.18. The number of nitrogens with one attached hydrogen (secondary N) is 1. The van der Waals surface area contributed by atoms with Gasteiger partial charge in [0.15, 0.2) is 0 Å². The summed E-state index contributed by atoms with van der Waals surface area (Å²) in [5.74, 6) is -0.710. The Kier molecular flexibility index (Phi) is 4.04. The second-order valence-corrected chi connectivity index (χ2v) is 3.62. The quantitative estimate of drug-likeness (QED) is 0.630. The third-order valence-corrected chi connectivity index (χ3v) is 2.31. The SMILES string of the molecule is Cc1nc(N)[nH]c(=O)c1CCCCC(=O)O. The number of carboxylic acid groups (broad SMARTS) is 1. The number of carboxylic acids is 1. The highest BCUT2D eigenvalue weighted by Gasteiger charge is 2.06. The Hall–Kier alpha value is -1.85. The molecule has 0 saturated heterocycles. The Bertz CT molecular complexity index is 439. The minimum absolute atomic E-state index is 0.108. The van der Waals surface area contributed by atoms with E-state index in [-0.39, 0.29) is 17.9 Å². The summed E-state index contributed by atoms with van der Waals surface area (Å²) >= 11 is 0. The molecule has 6 heteroatoms. The molecule has 0 aliphatic rings. The van der Waals surface area contributed by atoms with E-state index in [0.29, 0.717) is 30.5 Å². The van der Waals surface area contributed by atoms with Crippen molar-refractivity contribution >= 4 is 11.9 Å². The maximum absolute atomic E-state index is 11.5. The van der Waals surface area contributed by atoms with E-state index >= 15 is 0 Å². The molecule has 0 aliphatic carbocycles. The van der Waals surface area contributed by atoms with Crippen LogP contribution in [0.4, 0.5) is 5.95 Å². The Morgan fingerprint density at radius 1 is 1.50 bits per heavy atom. The van der Waals surface area contributed by atoms with Gasteiger partial charge in [-0.15, -0.1) is 0 Å². The highest BCUT2D eigenvalue weighted by atomic mass is 16.4. The zero-order chi connectivity index (χ0) is 12.1. The Labute approximate surface area is 92.5 Å². The number of nitrogens with two attached hydrogens (primary N) is 1. The molecule has 0 aromatic carbocycles. The van der Waals surface area contributed by atoms with E-state index < -0.39 is 5.97 Å². The highest BCUT2D eigenvalue weighted by Crippen LogP contribution is 2.06. The third kappa shape index (κ3) is 3.38. The van der Waals surface area contributed by atoms with Crippen molar-refractivity contribution < 1.29 is 9.90 Å². The van der Waals surface area contributed by atoms with Crippen LogP contribution in [0.3, 0.4) is 0 Å². The topological polar surface area (TPSA) is 109 Å². The fraction of sp³-hybridized carbons (Fsp3) is 0.500. The fourth-order valence-corrected chi connectivity index (χ4v) is 1.50. The van der Waals surface area contributed by atoms with E-state index in [9.17, 15) is 9.59 Å². The van der Waals surface area contributed by atoms with Gasteiger partial charge < -0.3 is 10.8 Å². The Morgan fingerprint density at radius 3 is 2.75 bits per heavy atom. The number of nitrogens with zero attached hydrogens (tertiary/aromatic N) is 1. The smallest absolute Gasteiger partial charge is 0.303 e. The molecule has 0 aliphatic heterocycles. The van der Waals surface area contributed by atoms with Gasteiger partial charge in [-0.05, 0) is 26.2 Å². The first-order valence-electron chi connectivity index (χ1n) is 5.07. The van der Waals surface area contributed by atoms with Gasteiger partial charge in [0.05, 0.1) is 0 Å². The molecule has 88 valence electrons. The molecule has 0 unspecified atom stereocenters. The summed E-state index contributed by atoms with van der Waals surface area (Å²) in [5.41, 5.74) is 6.33. The molecule has 0 amide bonds. The second-order valence-electron chi connectivity index (χ2n) is 3.62. The first-order valence-corrected chi connectivity index (χ1v) is 5.07. The minimum atomic E-state index is -0.818. The molecular weight excluding hydrogens is 210 g/mol. The summed E-state index contributed by atoms with van der Waals surface area (Å²) in [7, 11) is 0. The lowest BCUT2D eigenvalue weighted by atomic mass is 10.1. The van der Waals surface area contributed by atoms with Crippen LogP contribution in [-0.2, 0) is 11.2 Å². The predicted molar refractivity (Wildman–Crippen MR) is 59.2 cm³/mol. The minimum Gasteiger partial charge on any atom is -0.481 e. The average molecular weight is 225 g/mol. The van der Waals surface area contributed by atoms with Gasteiger partial charge in [0.2, 0.25) is 5.95 Å². The molecule has 0 atom stereocenters. The van der Waals surface area contributed by atoms with Gasteiger partial charge in [0.1, 0.15) is 0 Å². The lowest BCUT2D eigenvalue weighted by molar-refractivity contribution is -0.137. The van der Waals surface area contributed by atoms with Gasteiger partial charge in [0, 0.05) is 17.7 Å². The number of carbonyl (C=O) groups is 1. The van der Waals surface area contributed by atoms with Crippen molar-refractivity contribution in [3.63, 3.8) is 0 Å². The molecule has 16 heavy (non-hydrogen) atoms. The van der Waals surface area contributed by atoms with Crippen LogP contribution >= 0.6 is 0 Å². The number of unbranched alkanes of at least 4 members (excludes halogenated alkanes) is 1. The van der Waals surface area contributed by atoms with Crippen molar-refractivity contribution in [2.24, 2.45) is 0 Å². The van der Waals surface area contributed by atoms with Gasteiger partial charge in [-0.25, -0.2) is 4.98 Å². The lowest BCUT2D eigenvalue weighted by Gasteiger charge is -2.04. The first kappa shape index (κ1) is 12.2. The summed E-state index contributed by atoms with van der Waals surface area (Å²) in [6, 6.07) is 0. The maximum atomic E-state index is 11.5. The predicted octanol–water partition coefficient (Wildman–Crippen LogP) is 0.458. The van der Waals surface area contributed by atoms with E-state index in [4.69, 9.17) is 10.8 Å². The number of aromatic nitrogens is 2. The van der Waals surface area contributed by atoms with Crippen molar-refractivity contribution in [3.05, 3.63) is 21.6 Å². The van der Waals surface area contributed by atoms with E-state index in [1.807, 2.05) is 0 Å². The molecule has 0 spiro atoms. The molecule has 0 radical (unpaired) electrons. The molecule has 1 heterocycles. The van der Waals surface area contributed by atoms with Crippen LogP contribution in [0, 0.1) is 6.92 Å². The van der Waals surface area contributed by atoms with Crippen molar-refractivity contribution in [1.29, 1.82) is 0 Å². The molecule has 1 rings (SSSR count). The number of nitrogen functional groups attached to an aromatic ring is 1. The van der Waals surface area contributed by atoms with E-state index in [1.54, 1.807) is 6.92 Å². The molecule has 0 saturated carbocycles. The molecule has 1 aromatic heterocycles. The van der Waals surface area contributed by atoms with Crippen LogP contribution in [-0.4, -0.2) is 21.0 Å². The van der Waals surface area contributed by atoms with E-state index in [0.717, 1.165) is 0 Å². The summed E-state index contributed by atoms with van der Waals surface area (Å²) < 4.78 is 0. The van der Waals surface area contributed by atoms with Gasteiger partial charge in [-0.3, -0.25) is 14.6 Å². The first-order chi connectivity index (χ1) is 7.50. The second kappa shape index (κ2) is 5.29. The fourth-order valence-electron chi connectivity index (χ4n) is 1.50. The number of H-pyrrole nitrogens is 1. The van der Waals surface area contributed by atoms with Crippen LogP contribution in [0.2, 0.25) is 0 Å². The van der Waals surface area contributed by atoms with Gasteiger partial charge in [-0.1, -0.05) is 0 Å². The van der Waals surface area contributed by atoms with Crippen molar-refractivity contribution in [2.45, 2.75) is 32.6 Å². The van der Waals surface area contributed by atoms with Gasteiger partial charge in [-0.2, -0.15) is 0 Å². The Balaban J connectivity index is 2.61. The number of anilines is 1. The number of hydrogen-bond acceptors (Lipinski definition) is 4. The number of aromatic amines is 1. The monoisotopic (exact) mass is 225 g/mol. The molecule has 0 fully saturated rings. The highest BCUT2D eigenvalue weighted by molar-refractivity contribution is 5.66. The van der Waals surface area contributed by atoms with Crippen molar-refractivity contribution in [3.8, 4) is 0 Å². The summed E-state index contributed by atoms with van der Waals surface area (Å²) in [4.78, 5) is 28.2. The molecular formula is C10H15N3O3. The standard InChI is InChI=1S/C10H15N3O3/c1-6-7(4-2-3-5-8(14)15)9(16)13-10(11)12-6/h2-5H2,1H3,(H,14,15)(H3,11,12,13,16). The van der Waals surface area contributed by atoms with Crippen LogP contribution < -0.4 is 11.3 Å². The maximum Gasteiger partial charge on any atom is 0.303 e. The summed E-state index contributed by atoms with van der Waals surface area (Å²) in [6.07, 6.45) is 1.86. The number of rotatable bonds is 5. The molecule has 4 N–H and O–H groups in total. The van der Waals surface area contributed by atoms with Gasteiger partial charge in [0.25, 0.3) is 5.56 Å². The van der Waals surface area contributed by atoms with Crippen molar-refractivity contribution in [1.82, 2.24) is 9.97 Å². The van der Waals surface area contributed by atoms with Crippen LogP contribution in [0.1, 0.15) is 30.5 Å². The third-order valence-electron chi connectivity index (χ3n) is 2.31. The summed E-state index contributed by atoms with van der Waals surface area (Å²) in [5, 5.41) is 8.46.